The Labute approximate surface area is 250 Å². The Morgan fingerprint density at radius 3 is 2.95 bits per heavy atom. The lowest BCUT2D eigenvalue weighted by atomic mass is 9.92. The molecule has 4 atom stereocenters. The molecule has 1 saturated heterocycles. The Bertz CT molecular complexity index is 1070. The van der Waals surface area contributed by atoms with Crippen LogP contribution in [0.15, 0.2) is 23.4 Å². The number of aliphatic hydroxyl groups excluding tert-OH is 1. The van der Waals surface area contributed by atoms with Crippen LogP contribution in [0.5, 0.6) is 0 Å². The molecule has 7 nitrogen and oxygen atoms in total. The normalized spacial score (nSPS) is 22.4. The van der Waals surface area contributed by atoms with Crippen molar-refractivity contribution in [3.8, 4) is 0 Å². The van der Waals surface area contributed by atoms with Crippen LogP contribution in [0, 0.1) is 17.8 Å². The van der Waals surface area contributed by atoms with E-state index in [1.54, 1.807) is 18.0 Å². The maximum atomic E-state index is 14.4. The standard InChI is InChI=1S/C29H41ClFN3O4S2/c1-2-3-6-25(35)21-16-22(18-32-17-21)39-19-23-20(8-9-24(23)30)5-4-7-26-33-28(31)27(40-26)29(36)38-15-12-34-10-13-37-14-11-34/h16-18,20,23-25,35H,2-15,19H2,1H3/t20-,23?,24?,25?/m0/s1. The molecule has 11 heteroatoms. The number of hydrogen-bond acceptors (Lipinski definition) is 9. The summed E-state index contributed by atoms with van der Waals surface area (Å²) in [4.78, 5) is 24.0. The predicted octanol–water partition coefficient (Wildman–Crippen LogP) is 6.14. The number of ether oxygens (including phenoxy) is 2. The fraction of sp³-hybridized carbons (Fsp3) is 0.690. The van der Waals surface area contributed by atoms with Gasteiger partial charge in [0.15, 0.2) is 4.88 Å². The van der Waals surface area contributed by atoms with Crippen molar-refractivity contribution >= 4 is 40.7 Å². The second-order valence-electron chi connectivity index (χ2n) is 10.6. The lowest BCUT2D eigenvalue weighted by Gasteiger charge is -2.26. The zero-order valence-electron chi connectivity index (χ0n) is 23.2. The van der Waals surface area contributed by atoms with Crippen LogP contribution in [0.2, 0.25) is 0 Å². The van der Waals surface area contributed by atoms with E-state index in [0.29, 0.717) is 43.0 Å². The van der Waals surface area contributed by atoms with Crippen LogP contribution in [0.1, 0.15) is 78.2 Å². The SMILES string of the molecule is CCCCC(O)c1cncc(SCC2C(Cl)CC[C@@H]2CCCc2nc(F)c(C(=O)OCCN3CCOCC3)s2)c1. The van der Waals surface area contributed by atoms with Crippen molar-refractivity contribution in [2.75, 3.05) is 45.2 Å². The molecule has 2 aromatic rings. The number of pyridine rings is 1. The van der Waals surface area contributed by atoms with Gasteiger partial charge in [-0.3, -0.25) is 9.88 Å². The average Bonchev–Trinajstić information content (AvgIpc) is 3.52. The molecule has 0 radical (unpaired) electrons. The first-order valence-corrected chi connectivity index (χ1v) is 16.7. The highest BCUT2D eigenvalue weighted by atomic mass is 35.5. The van der Waals surface area contributed by atoms with Crippen LogP contribution < -0.4 is 0 Å². The lowest BCUT2D eigenvalue weighted by Crippen LogP contribution is -2.38. The van der Waals surface area contributed by atoms with E-state index in [1.807, 2.05) is 12.3 Å². The molecular formula is C29H41ClFN3O4S2. The summed E-state index contributed by atoms with van der Waals surface area (Å²) in [5, 5.41) is 11.2. The maximum absolute atomic E-state index is 14.4. The lowest BCUT2D eigenvalue weighted by molar-refractivity contribution is 0.0196. The topological polar surface area (TPSA) is 84.8 Å². The monoisotopic (exact) mass is 613 g/mol. The largest absolute Gasteiger partial charge is 0.460 e. The van der Waals surface area contributed by atoms with E-state index in [4.69, 9.17) is 21.1 Å². The molecule has 2 aliphatic rings. The van der Waals surface area contributed by atoms with Gasteiger partial charge in [0.2, 0.25) is 5.95 Å². The average molecular weight is 614 g/mol. The smallest absolute Gasteiger partial charge is 0.353 e. The first kappa shape index (κ1) is 31.6. The number of aliphatic hydroxyl groups is 1. The number of rotatable bonds is 15. The molecule has 2 aromatic heterocycles. The molecule has 0 bridgehead atoms. The minimum absolute atomic E-state index is 0.0383. The minimum atomic E-state index is -0.733. The summed E-state index contributed by atoms with van der Waals surface area (Å²) < 4.78 is 25.0. The van der Waals surface area contributed by atoms with Gasteiger partial charge in [0, 0.05) is 48.1 Å². The van der Waals surface area contributed by atoms with Crippen LogP contribution in [0.4, 0.5) is 4.39 Å². The number of nitrogens with zero attached hydrogens (tertiary/aromatic N) is 3. The fourth-order valence-corrected chi connectivity index (χ4v) is 8.05. The molecule has 0 spiro atoms. The molecule has 1 N–H and O–H groups in total. The minimum Gasteiger partial charge on any atom is -0.460 e. The van der Waals surface area contributed by atoms with Crippen LogP contribution in [0.25, 0.3) is 0 Å². The maximum Gasteiger partial charge on any atom is 0.353 e. The number of unbranched alkanes of at least 4 members (excludes halogenated alkanes) is 1. The molecule has 2 fully saturated rings. The van der Waals surface area contributed by atoms with Gasteiger partial charge in [-0.05, 0) is 62.0 Å². The number of carbonyl (C=O) groups is 1. The second kappa shape index (κ2) is 16.4. The van der Waals surface area contributed by atoms with Gasteiger partial charge >= 0.3 is 5.97 Å². The predicted molar refractivity (Wildman–Crippen MR) is 158 cm³/mol. The number of hydrogen-bond donors (Lipinski definition) is 1. The second-order valence-corrected chi connectivity index (χ2v) is 13.4. The Hall–Kier alpha value is -1.30. The van der Waals surface area contributed by atoms with Crippen molar-refractivity contribution in [3.05, 3.63) is 39.9 Å². The van der Waals surface area contributed by atoms with Crippen LogP contribution in [0.3, 0.4) is 0 Å². The van der Waals surface area contributed by atoms with Crippen molar-refractivity contribution in [3.63, 3.8) is 0 Å². The number of aromatic nitrogens is 2. The van der Waals surface area contributed by atoms with E-state index in [2.05, 4.69) is 21.8 Å². The first-order chi connectivity index (χ1) is 19.4. The van der Waals surface area contributed by atoms with E-state index >= 15 is 0 Å². The summed E-state index contributed by atoms with van der Waals surface area (Å²) >= 11 is 9.59. The zero-order chi connectivity index (χ0) is 28.3. The van der Waals surface area contributed by atoms with Crippen molar-refractivity contribution in [2.24, 2.45) is 11.8 Å². The Kier molecular flexibility index (Phi) is 12.9. The van der Waals surface area contributed by atoms with Gasteiger partial charge in [-0.15, -0.1) is 34.7 Å². The van der Waals surface area contributed by atoms with Gasteiger partial charge in [-0.25, -0.2) is 9.78 Å². The molecule has 222 valence electrons. The number of carbonyl (C=O) groups excluding carboxylic acids is 1. The Morgan fingerprint density at radius 2 is 2.15 bits per heavy atom. The molecule has 4 rings (SSSR count). The number of alkyl halides is 1. The number of esters is 1. The third kappa shape index (κ3) is 9.36. The molecular weight excluding hydrogens is 573 g/mol. The molecule has 1 saturated carbocycles. The van der Waals surface area contributed by atoms with E-state index in [1.165, 1.54) is 0 Å². The van der Waals surface area contributed by atoms with E-state index in [9.17, 15) is 14.3 Å². The van der Waals surface area contributed by atoms with Gasteiger partial charge in [-0.1, -0.05) is 19.8 Å². The summed E-state index contributed by atoms with van der Waals surface area (Å²) in [6, 6.07) is 2.05. The molecule has 1 aliphatic heterocycles. The summed E-state index contributed by atoms with van der Waals surface area (Å²) in [5.74, 6) is 0.411. The van der Waals surface area contributed by atoms with Crippen LogP contribution in [-0.4, -0.2) is 76.5 Å². The van der Waals surface area contributed by atoms with E-state index in [-0.39, 0.29) is 16.9 Å². The van der Waals surface area contributed by atoms with Crippen molar-refractivity contribution in [1.29, 1.82) is 0 Å². The van der Waals surface area contributed by atoms with Gasteiger partial charge in [0.25, 0.3) is 0 Å². The molecule has 3 heterocycles. The highest BCUT2D eigenvalue weighted by Gasteiger charge is 2.34. The van der Waals surface area contributed by atoms with Crippen molar-refractivity contribution < 1.29 is 23.8 Å². The molecule has 0 aromatic carbocycles. The highest BCUT2D eigenvalue weighted by Crippen LogP contribution is 2.42. The van der Waals surface area contributed by atoms with Gasteiger partial charge < -0.3 is 14.6 Å². The number of aryl methyl sites for hydroxylation is 1. The summed E-state index contributed by atoms with van der Waals surface area (Å²) in [6.07, 6.45) is 10.5. The quantitative estimate of drug-likeness (QED) is 0.146. The third-order valence-corrected chi connectivity index (χ3v) is 10.5. The van der Waals surface area contributed by atoms with E-state index < -0.39 is 18.0 Å². The number of thioether (sulfide) groups is 1. The fourth-order valence-electron chi connectivity index (χ4n) is 5.40. The summed E-state index contributed by atoms with van der Waals surface area (Å²) in [6.45, 7) is 5.96. The third-order valence-electron chi connectivity index (χ3n) is 7.80. The highest BCUT2D eigenvalue weighted by molar-refractivity contribution is 7.99. The zero-order valence-corrected chi connectivity index (χ0v) is 25.6. The van der Waals surface area contributed by atoms with Gasteiger partial charge in [-0.2, -0.15) is 4.39 Å². The number of halogens is 2. The Morgan fingerprint density at radius 1 is 1.32 bits per heavy atom. The first-order valence-electron chi connectivity index (χ1n) is 14.5. The van der Waals surface area contributed by atoms with Crippen molar-refractivity contribution in [2.45, 2.75) is 74.7 Å². The summed E-state index contributed by atoms with van der Waals surface area (Å²) in [5.41, 5.74) is 0.875. The number of morpholine rings is 1. The molecule has 40 heavy (non-hydrogen) atoms. The Balaban J connectivity index is 1.21. The van der Waals surface area contributed by atoms with Gasteiger partial charge in [0.05, 0.1) is 24.3 Å². The molecule has 0 amide bonds. The van der Waals surface area contributed by atoms with Gasteiger partial charge in [0.1, 0.15) is 6.61 Å². The summed E-state index contributed by atoms with van der Waals surface area (Å²) in [7, 11) is 0. The molecule has 1 aliphatic carbocycles. The van der Waals surface area contributed by atoms with Crippen LogP contribution in [-0.2, 0) is 15.9 Å². The van der Waals surface area contributed by atoms with Crippen molar-refractivity contribution in [1.82, 2.24) is 14.9 Å². The van der Waals surface area contributed by atoms with Crippen LogP contribution >= 0.6 is 34.7 Å². The number of thiazole rings is 1. The molecule has 3 unspecified atom stereocenters. The van der Waals surface area contributed by atoms with E-state index in [0.717, 1.165) is 85.6 Å².